The Kier molecular flexibility index (Phi) is 2.89. The Hall–Kier alpha value is -1.45. The molecule has 1 aromatic rings. The molecule has 1 N–H and O–H groups in total. The van der Waals surface area contributed by atoms with E-state index in [1.807, 2.05) is 0 Å². The van der Waals surface area contributed by atoms with Crippen molar-refractivity contribution in [3.05, 3.63) is 35.1 Å². The SMILES string of the molecule is N#Cc1ccc(C2(O)CC3CCC(C2)S3(=O)=O)cc1F. The number of halogens is 1. The van der Waals surface area contributed by atoms with Crippen LogP contribution in [0.15, 0.2) is 18.2 Å². The fourth-order valence-corrected chi connectivity index (χ4v) is 5.87. The molecule has 3 rings (SSSR count). The van der Waals surface area contributed by atoms with Gasteiger partial charge in [0, 0.05) is 0 Å². The van der Waals surface area contributed by atoms with Crippen molar-refractivity contribution >= 4 is 9.84 Å². The van der Waals surface area contributed by atoms with Crippen molar-refractivity contribution in [1.29, 1.82) is 5.26 Å². The van der Waals surface area contributed by atoms with Crippen LogP contribution in [0.3, 0.4) is 0 Å². The lowest BCUT2D eigenvalue weighted by atomic mass is 9.85. The topological polar surface area (TPSA) is 78.2 Å². The van der Waals surface area contributed by atoms with Gasteiger partial charge in [-0.2, -0.15) is 5.26 Å². The van der Waals surface area contributed by atoms with Gasteiger partial charge in [-0.25, -0.2) is 12.8 Å². The molecule has 20 heavy (non-hydrogen) atoms. The second-order valence-corrected chi connectivity index (χ2v) is 8.17. The second kappa shape index (κ2) is 4.27. The predicted molar refractivity (Wildman–Crippen MR) is 70.0 cm³/mol. The Labute approximate surface area is 116 Å². The third-order valence-corrected chi connectivity index (χ3v) is 7.16. The Bertz CT molecular complexity index is 688. The normalized spacial score (nSPS) is 34.6. The van der Waals surface area contributed by atoms with Crippen molar-refractivity contribution in [3.8, 4) is 6.07 Å². The minimum atomic E-state index is -3.14. The maximum atomic E-state index is 13.7. The van der Waals surface area contributed by atoms with E-state index in [1.165, 1.54) is 12.1 Å². The molecule has 6 heteroatoms. The highest BCUT2D eigenvalue weighted by Gasteiger charge is 2.53. The molecule has 0 spiro atoms. The first-order valence-electron chi connectivity index (χ1n) is 6.52. The van der Waals surface area contributed by atoms with Crippen molar-refractivity contribution in [3.63, 3.8) is 0 Å². The molecule has 2 bridgehead atoms. The Morgan fingerprint density at radius 2 is 1.90 bits per heavy atom. The quantitative estimate of drug-likeness (QED) is 0.854. The zero-order valence-corrected chi connectivity index (χ0v) is 11.5. The van der Waals surface area contributed by atoms with Crippen LogP contribution in [-0.4, -0.2) is 24.0 Å². The van der Waals surface area contributed by atoms with Gasteiger partial charge in [-0.15, -0.1) is 0 Å². The van der Waals surface area contributed by atoms with Crippen molar-refractivity contribution in [2.45, 2.75) is 41.8 Å². The Balaban J connectivity index is 1.99. The molecular formula is C14H14FNO3S. The largest absolute Gasteiger partial charge is 0.385 e. The highest BCUT2D eigenvalue weighted by Crippen LogP contribution is 2.47. The zero-order valence-electron chi connectivity index (χ0n) is 10.7. The van der Waals surface area contributed by atoms with Crippen molar-refractivity contribution in [2.24, 2.45) is 0 Å². The lowest BCUT2D eigenvalue weighted by Gasteiger charge is -2.36. The number of hydrogen-bond donors (Lipinski definition) is 1. The van der Waals surface area contributed by atoms with Crippen LogP contribution in [0.25, 0.3) is 0 Å². The lowest BCUT2D eigenvalue weighted by molar-refractivity contribution is 0.0170. The summed E-state index contributed by atoms with van der Waals surface area (Å²) in [6.07, 6.45) is 1.34. The van der Waals surface area contributed by atoms with E-state index >= 15 is 0 Å². The number of fused-ring (bicyclic) bond motifs is 2. The molecule has 0 aliphatic carbocycles. The summed E-state index contributed by atoms with van der Waals surface area (Å²) in [4.78, 5) is 0. The van der Waals surface area contributed by atoms with Crippen LogP contribution in [0, 0.1) is 17.1 Å². The lowest BCUT2D eigenvalue weighted by Crippen LogP contribution is -2.43. The molecule has 0 radical (unpaired) electrons. The molecule has 4 nitrogen and oxygen atoms in total. The molecule has 106 valence electrons. The van der Waals surface area contributed by atoms with E-state index < -0.39 is 31.8 Å². The molecule has 1 aromatic carbocycles. The van der Waals surface area contributed by atoms with Gasteiger partial charge < -0.3 is 5.11 Å². The highest BCUT2D eigenvalue weighted by atomic mass is 32.2. The van der Waals surface area contributed by atoms with Gasteiger partial charge in [0.05, 0.1) is 21.7 Å². The summed E-state index contributed by atoms with van der Waals surface area (Å²) >= 11 is 0. The number of aliphatic hydroxyl groups is 1. The summed E-state index contributed by atoms with van der Waals surface area (Å²) in [7, 11) is -3.14. The van der Waals surface area contributed by atoms with E-state index in [0.29, 0.717) is 18.4 Å². The summed E-state index contributed by atoms with van der Waals surface area (Å²) < 4.78 is 37.8. The van der Waals surface area contributed by atoms with Crippen molar-refractivity contribution in [1.82, 2.24) is 0 Å². The molecule has 2 heterocycles. The molecular weight excluding hydrogens is 281 g/mol. The number of sulfone groups is 1. The van der Waals surface area contributed by atoms with Gasteiger partial charge in [-0.1, -0.05) is 6.07 Å². The van der Waals surface area contributed by atoms with E-state index in [4.69, 9.17) is 5.26 Å². The minimum absolute atomic E-state index is 0.0799. The first-order valence-corrected chi connectivity index (χ1v) is 8.13. The fourth-order valence-electron chi connectivity index (χ4n) is 3.38. The van der Waals surface area contributed by atoms with Crippen molar-refractivity contribution < 1.29 is 17.9 Å². The van der Waals surface area contributed by atoms with Gasteiger partial charge in [0.1, 0.15) is 11.9 Å². The third kappa shape index (κ3) is 1.85. The molecule has 2 fully saturated rings. The van der Waals surface area contributed by atoms with Crippen LogP contribution in [0.2, 0.25) is 0 Å². The fraction of sp³-hybridized carbons (Fsp3) is 0.500. The van der Waals surface area contributed by atoms with Crippen LogP contribution < -0.4 is 0 Å². The van der Waals surface area contributed by atoms with Crippen LogP contribution >= 0.6 is 0 Å². The average molecular weight is 295 g/mol. The van der Waals surface area contributed by atoms with E-state index in [2.05, 4.69) is 0 Å². The van der Waals surface area contributed by atoms with Crippen LogP contribution in [0.1, 0.15) is 36.8 Å². The summed E-state index contributed by atoms with van der Waals surface area (Å²) in [5.41, 5.74) is -1.03. The molecule has 0 aromatic heterocycles. The van der Waals surface area contributed by atoms with Gasteiger partial charge >= 0.3 is 0 Å². The van der Waals surface area contributed by atoms with Gasteiger partial charge in [0.25, 0.3) is 0 Å². The third-order valence-electron chi connectivity index (χ3n) is 4.50. The highest BCUT2D eigenvalue weighted by molar-refractivity contribution is 7.93. The number of benzene rings is 1. The molecule has 2 unspecified atom stereocenters. The Morgan fingerprint density at radius 1 is 1.30 bits per heavy atom. The molecule has 2 saturated heterocycles. The van der Waals surface area contributed by atoms with Gasteiger partial charge in [-0.05, 0) is 43.4 Å². The molecule has 2 aliphatic heterocycles. The summed E-state index contributed by atoms with van der Waals surface area (Å²) in [5.74, 6) is -0.681. The molecule has 0 amide bonds. The monoisotopic (exact) mass is 295 g/mol. The molecule has 2 aliphatic rings. The summed E-state index contributed by atoms with van der Waals surface area (Å²) in [5, 5.41) is 18.4. The number of nitriles is 1. The standard InChI is InChI=1S/C14H14FNO3S/c15-13-5-10(2-1-9(13)8-16)14(17)6-11-3-4-12(7-14)20(11,18)19/h1-2,5,11-12,17H,3-4,6-7H2. The molecule has 0 saturated carbocycles. The molecule has 2 atom stereocenters. The first-order chi connectivity index (χ1) is 9.37. The van der Waals surface area contributed by atoms with E-state index in [1.54, 1.807) is 6.07 Å². The van der Waals surface area contributed by atoms with Crippen molar-refractivity contribution in [2.75, 3.05) is 0 Å². The van der Waals surface area contributed by atoms with Gasteiger partial charge in [-0.3, -0.25) is 0 Å². The van der Waals surface area contributed by atoms with Gasteiger partial charge in [0.2, 0.25) is 0 Å². The van der Waals surface area contributed by atoms with Crippen LogP contribution in [-0.2, 0) is 15.4 Å². The minimum Gasteiger partial charge on any atom is -0.385 e. The van der Waals surface area contributed by atoms with Crippen LogP contribution in [0.5, 0.6) is 0 Å². The smallest absolute Gasteiger partial charge is 0.156 e. The predicted octanol–water partition coefficient (Wildman–Crippen LogP) is 1.62. The van der Waals surface area contributed by atoms with E-state index in [9.17, 15) is 17.9 Å². The first kappa shape index (κ1) is 13.5. The van der Waals surface area contributed by atoms with E-state index in [-0.39, 0.29) is 18.4 Å². The number of nitrogens with zero attached hydrogens (tertiary/aromatic N) is 1. The van der Waals surface area contributed by atoms with Gasteiger partial charge in [0.15, 0.2) is 9.84 Å². The number of rotatable bonds is 1. The zero-order chi connectivity index (χ0) is 14.5. The second-order valence-electron chi connectivity index (χ2n) is 5.66. The maximum Gasteiger partial charge on any atom is 0.156 e. The maximum absolute atomic E-state index is 13.7. The Morgan fingerprint density at radius 3 is 2.40 bits per heavy atom. The van der Waals surface area contributed by atoms with Crippen LogP contribution in [0.4, 0.5) is 4.39 Å². The summed E-state index contributed by atoms with van der Waals surface area (Å²) in [6.45, 7) is 0. The summed E-state index contributed by atoms with van der Waals surface area (Å²) in [6, 6.07) is 5.72. The van der Waals surface area contributed by atoms with E-state index in [0.717, 1.165) is 6.07 Å². The number of hydrogen-bond acceptors (Lipinski definition) is 4. The average Bonchev–Trinajstić information content (AvgIpc) is 2.59.